The molecule has 0 saturated heterocycles. The van der Waals surface area contributed by atoms with Crippen LogP contribution in [0.3, 0.4) is 0 Å². The predicted molar refractivity (Wildman–Crippen MR) is 74.8 cm³/mol. The molecule has 0 atom stereocenters. The Labute approximate surface area is 113 Å². The van der Waals surface area contributed by atoms with E-state index in [9.17, 15) is 0 Å². The van der Waals surface area contributed by atoms with Crippen LogP contribution in [0.2, 0.25) is 5.02 Å². The Morgan fingerprint density at radius 3 is 2.76 bits per heavy atom. The highest BCUT2D eigenvalue weighted by Gasteiger charge is 2.11. The van der Waals surface area contributed by atoms with E-state index < -0.39 is 0 Å². The lowest BCUT2D eigenvalue weighted by atomic mass is 10.3. The van der Waals surface area contributed by atoms with Gasteiger partial charge in [-0.05, 0) is 25.1 Å². The lowest BCUT2D eigenvalue weighted by molar-refractivity contribution is 0.765. The molecule has 3 N–H and O–H groups in total. The van der Waals surface area contributed by atoms with Gasteiger partial charge in [-0.3, -0.25) is 4.68 Å². The Morgan fingerprint density at radius 2 is 2.18 bits per heavy atom. The number of nitrogen functional groups attached to an aromatic ring is 1. The van der Waals surface area contributed by atoms with E-state index in [4.69, 9.17) is 17.3 Å². The maximum absolute atomic E-state index is 6.10. The van der Waals surface area contributed by atoms with Crippen molar-refractivity contribution in [1.29, 1.82) is 0 Å². The number of rotatable bonds is 2. The van der Waals surface area contributed by atoms with E-state index in [2.05, 4.69) is 26.3 Å². The summed E-state index contributed by atoms with van der Waals surface area (Å²) in [5.41, 5.74) is 8.15. The molecule has 0 aliphatic carbocycles. The quantitative estimate of drug-likeness (QED) is 0.892. The third-order valence-corrected chi connectivity index (χ3v) is 3.27. The van der Waals surface area contributed by atoms with Crippen molar-refractivity contribution in [2.24, 2.45) is 7.05 Å². The van der Waals surface area contributed by atoms with Gasteiger partial charge in [0.15, 0.2) is 5.82 Å². The molecule has 90 valence electrons. The predicted octanol–water partition coefficient (Wildman–Crippen LogP) is 3.47. The first-order valence-electron chi connectivity index (χ1n) is 5.00. The Morgan fingerprint density at radius 1 is 1.47 bits per heavy atom. The summed E-state index contributed by atoms with van der Waals surface area (Å²) < 4.78 is 2.64. The van der Waals surface area contributed by atoms with Crippen LogP contribution in [0.1, 0.15) is 5.69 Å². The number of hydrogen-bond donors (Lipinski definition) is 2. The molecule has 0 spiro atoms. The molecular formula is C11H12BrClN4. The zero-order valence-electron chi connectivity index (χ0n) is 9.46. The zero-order valence-corrected chi connectivity index (χ0v) is 11.8. The van der Waals surface area contributed by atoms with Crippen LogP contribution < -0.4 is 11.1 Å². The number of aryl methyl sites for hydroxylation is 2. The van der Waals surface area contributed by atoms with Gasteiger partial charge in [0.2, 0.25) is 0 Å². The zero-order chi connectivity index (χ0) is 12.6. The van der Waals surface area contributed by atoms with E-state index in [0.717, 1.165) is 21.7 Å². The summed E-state index contributed by atoms with van der Waals surface area (Å²) in [5.74, 6) is 0.738. The Bertz CT molecular complexity index is 565. The maximum Gasteiger partial charge on any atom is 0.152 e. The van der Waals surface area contributed by atoms with Crippen molar-refractivity contribution in [3.8, 4) is 0 Å². The van der Waals surface area contributed by atoms with E-state index in [1.54, 1.807) is 4.68 Å². The van der Waals surface area contributed by atoms with Crippen LogP contribution in [0.5, 0.6) is 0 Å². The third-order valence-electron chi connectivity index (χ3n) is 2.45. The van der Waals surface area contributed by atoms with Crippen LogP contribution in [0.4, 0.5) is 17.2 Å². The highest BCUT2D eigenvalue weighted by Crippen LogP contribution is 2.31. The monoisotopic (exact) mass is 314 g/mol. The summed E-state index contributed by atoms with van der Waals surface area (Å²) in [6.45, 7) is 1.86. The van der Waals surface area contributed by atoms with Crippen LogP contribution >= 0.6 is 27.5 Å². The Balaban J connectivity index is 2.41. The van der Waals surface area contributed by atoms with Crippen LogP contribution in [-0.4, -0.2) is 9.78 Å². The second-order valence-corrected chi connectivity index (χ2v) is 5.04. The van der Waals surface area contributed by atoms with Crippen molar-refractivity contribution >= 4 is 44.7 Å². The molecule has 0 aliphatic rings. The summed E-state index contributed by atoms with van der Waals surface area (Å²) in [7, 11) is 1.83. The molecule has 4 nitrogen and oxygen atoms in total. The van der Waals surface area contributed by atoms with E-state index in [-0.39, 0.29) is 0 Å². The van der Waals surface area contributed by atoms with Gasteiger partial charge in [0.1, 0.15) is 0 Å². The number of hydrogen-bond acceptors (Lipinski definition) is 3. The normalized spacial score (nSPS) is 10.6. The molecule has 17 heavy (non-hydrogen) atoms. The van der Waals surface area contributed by atoms with Crippen molar-refractivity contribution < 1.29 is 0 Å². The van der Waals surface area contributed by atoms with Gasteiger partial charge in [0.05, 0.1) is 22.1 Å². The van der Waals surface area contributed by atoms with Crippen LogP contribution in [0.15, 0.2) is 22.7 Å². The number of halogens is 2. The molecule has 0 radical (unpaired) electrons. The highest BCUT2D eigenvalue weighted by atomic mass is 79.9. The Hall–Kier alpha value is -1.20. The number of anilines is 3. The van der Waals surface area contributed by atoms with Gasteiger partial charge in [-0.2, -0.15) is 5.10 Å². The van der Waals surface area contributed by atoms with Crippen LogP contribution in [0.25, 0.3) is 0 Å². The number of nitrogens with two attached hydrogens (primary N) is 1. The number of nitrogens with zero attached hydrogens (tertiary/aromatic N) is 2. The molecule has 0 saturated carbocycles. The van der Waals surface area contributed by atoms with Gasteiger partial charge in [0.25, 0.3) is 0 Å². The number of aromatic nitrogens is 2. The van der Waals surface area contributed by atoms with Crippen LogP contribution in [-0.2, 0) is 7.05 Å². The van der Waals surface area contributed by atoms with E-state index in [0.29, 0.717) is 10.7 Å². The molecule has 1 aromatic carbocycles. The van der Waals surface area contributed by atoms with Gasteiger partial charge in [-0.1, -0.05) is 27.5 Å². The molecule has 0 bridgehead atoms. The first kappa shape index (κ1) is 12.3. The van der Waals surface area contributed by atoms with Crippen molar-refractivity contribution in [3.05, 3.63) is 33.4 Å². The second kappa shape index (κ2) is 4.58. The fraction of sp³-hybridized carbons (Fsp3) is 0.182. The van der Waals surface area contributed by atoms with Crippen molar-refractivity contribution in [3.63, 3.8) is 0 Å². The standard InChI is InChI=1S/C11H12BrClN4/c1-6-10(14)11(17(2)16-6)15-9-5-7(12)3-4-8(9)13/h3-5,15H,14H2,1-2H3. The number of nitrogens with one attached hydrogen (secondary N) is 1. The van der Waals surface area contributed by atoms with Gasteiger partial charge in [0, 0.05) is 11.5 Å². The fourth-order valence-corrected chi connectivity index (χ4v) is 2.07. The SMILES string of the molecule is Cc1nn(C)c(Nc2cc(Br)ccc2Cl)c1N. The molecule has 1 heterocycles. The fourth-order valence-electron chi connectivity index (χ4n) is 1.54. The molecule has 2 aromatic rings. The molecule has 0 aliphatic heterocycles. The van der Waals surface area contributed by atoms with Crippen LogP contribution in [0, 0.1) is 6.92 Å². The molecule has 2 rings (SSSR count). The highest BCUT2D eigenvalue weighted by molar-refractivity contribution is 9.10. The topological polar surface area (TPSA) is 55.9 Å². The second-order valence-electron chi connectivity index (χ2n) is 3.72. The summed E-state index contributed by atoms with van der Waals surface area (Å²) in [6.07, 6.45) is 0. The minimum Gasteiger partial charge on any atom is -0.394 e. The summed E-state index contributed by atoms with van der Waals surface area (Å²) in [5, 5.41) is 8.05. The summed E-state index contributed by atoms with van der Waals surface area (Å²) in [4.78, 5) is 0. The third kappa shape index (κ3) is 2.40. The van der Waals surface area contributed by atoms with E-state index in [1.807, 2.05) is 32.2 Å². The summed E-state index contributed by atoms with van der Waals surface area (Å²) in [6, 6.07) is 5.59. The minimum atomic E-state index is 0.628. The Kier molecular flexibility index (Phi) is 3.31. The van der Waals surface area contributed by atoms with Crippen molar-refractivity contribution in [2.45, 2.75) is 6.92 Å². The molecular weight excluding hydrogens is 304 g/mol. The van der Waals surface area contributed by atoms with Gasteiger partial charge in [-0.25, -0.2) is 0 Å². The lowest BCUT2D eigenvalue weighted by Gasteiger charge is -2.09. The summed E-state index contributed by atoms with van der Waals surface area (Å²) >= 11 is 9.50. The molecule has 1 aromatic heterocycles. The molecule has 0 unspecified atom stereocenters. The van der Waals surface area contributed by atoms with Crippen molar-refractivity contribution in [1.82, 2.24) is 9.78 Å². The smallest absolute Gasteiger partial charge is 0.152 e. The first-order valence-corrected chi connectivity index (χ1v) is 6.17. The van der Waals surface area contributed by atoms with Crippen molar-refractivity contribution in [2.75, 3.05) is 11.1 Å². The van der Waals surface area contributed by atoms with Gasteiger partial charge < -0.3 is 11.1 Å². The average molecular weight is 316 g/mol. The number of benzene rings is 1. The molecule has 0 fully saturated rings. The van der Waals surface area contributed by atoms with Gasteiger partial charge >= 0.3 is 0 Å². The molecule has 6 heteroatoms. The first-order chi connectivity index (χ1) is 7.99. The lowest BCUT2D eigenvalue weighted by Crippen LogP contribution is -2.01. The van der Waals surface area contributed by atoms with E-state index in [1.165, 1.54) is 0 Å². The minimum absolute atomic E-state index is 0.628. The largest absolute Gasteiger partial charge is 0.394 e. The van der Waals surface area contributed by atoms with Gasteiger partial charge in [-0.15, -0.1) is 0 Å². The average Bonchev–Trinajstić information content (AvgIpc) is 2.50. The maximum atomic E-state index is 6.10. The molecule has 0 amide bonds. The van der Waals surface area contributed by atoms with E-state index >= 15 is 0 Å².